The van der Waals surface area contributed by atoms with Gasteiger partial charge in [-0.3, -0.25) is 4.79 Å². The molecule has 128 valence electrons. The van der Waals surface area contributed by atoms with Crippen LogP contribution in [-0.4, -0.2) is 42.9 Å². The smallest absolute Gasteiger partial charge is 0.228 e. The van der Waals surface area contributed by atoms with Crippen molar-refractivity contribution in [2.45, 2.75) is 50.6 Å². The second kappa shape index (κ2) is 8.91. The van der Waals surface area contributed by atoms with E-state index in [-0.39, 0.29) is 11.9 Å². The molecule has 0 aromatic heterocycles. The molecule has 1 amide bonds. The van der Waals surface area contributed by atoms with E-state index in [2.05, 4.69) is 19.0 Å². The molecule has 0 spiro atoms. The van der Waals surface area contributed by atoms with Crippen LogP contribution in [0.1, 0.15) is 38.5 Å². The van der Waals surface area contributed by atoms with Crippen LogP contribution < -0.4 is 4.90 Å². The summed E-state index contributed by atoms with van der Waals surface area (Å²) < 4.78 is 0. The van der Waals surface area contributed by atoms with E-state index >= 15 is 0 Å². The van der Waals surface area contributed by atoms with Gasteiger partial charge in [0.25, 0.3) is 0 Å². The highest BCUT2D eigenvalue weighted by Gasteiger charge is 2.33. The van der Waals surface area contributed by atoms with Gasteiger partial charge in [0.1, 0.15) is 0 Å². The zero-order chi connectivity index (χ0) is 16.8. The zero-order valence-electron chi connectivity index (χ0n) is 14.0. The number of nitrogens with zero attached hydrogens (tertiary/aromatic N) is 2. The van der Waals surface area contributed by atoms with Gasteiger partial charge in [-0.1, -0.05) is 30.9 Å². The number of amides is 1. The van der Waals surface area contributed by atoms with Gasteiger partial charge in [0.15, 0.2) is 0 Å². The molecular weight excluding hydrogens is 331 g/mol. The van der Waals surface area contributed by atoms with Crippen LogP contribution in [0.4, 0.5) is 5.69 Å². The highest BCUT2D eigenvalue weighted by Crippen LogP contribution is 2.30. The number of likely N-dealkylation sites (N-methyl/N-ethyl adjacent to an activating group) is 1. The number of anilines is 1. The summed E-state index contributed by atoms with van der Waals surface area (Å²) in [5, 5.41) is 0.684. The van der Waals surface area contributed by atoms with E-state index in [1.807, 2.05) is 29.2 Å². The van der Waals surface area contributed by atoms with Crippen LogP contribution in [0.15, 0.2) is 24.3 Å². The van der Waals surface area contributed by atoms with Crippen LogP contribution in [0, 0.1) is 0 Å². The lowest BCUT2D eigenvalue weighted by Crippen LogP contribution is -2.52. The highest BCUT2D eigenvalue weighted by molar-refractivity contribution is 6.30. The van der Waals surface area contributed by atoms with Crippen LogP contribution in [-0.2, 0) is 4.79 Å². The van der Waals surface area contributed by atoms with Crippen LogP contribution in [0.5, 0.6) is 0 Å². The Hall–Kier alpha value is -0.770. The first kappa shape index (κ1) is 18.6. The Balaban J connectivity index is 2.37. The lowest BCUT2D eigenvalue weighted by atomic mass is 9.98. The molecule has 1 aliphatic rings. The molecule has 5 heteroatoms. The van der Waals surface area contributed by atoms with Crippen LogP contribution in [0.25, 0.3) is 0 Å². The van der Waals surface area contributed by atoms with Crippen LogP contribution in [0.3, 0.4) is 0 Å². The van der Waals surface area contributed by atoms with E-state index in [1.165, 1.54) is 12.8 Å². The standard InChI is InChI=1S/C18H26Cl2N2O/c1-21(2)16-6-4-3-5-7-17(16)22(18(23)12-13-19)15-10-8-14(20)9-11-15/h8-11,16-17H,3-7,12-13H2,1-2H3. The van der Waals surface area contributed by atoms with Crippen molar-refractivity contribution in [3.8, 4) is 0 Å². The Kier molecular flexibility index (Phi) is 7.19. The minimum atomic E-state index is 0.0982. The van der Waals surface area contributed by atoms with Crippen LogP contribution >= 0.6 is 23.2 Å². The minimum Gasteiger partial charge on any atom is -0.308 e. The Morgan fingerprint density at radius 2 is 1.70 bits per heavy atom. The van der Waals surface area contributed by atoms with E-state index < -0.39 is 0 Å². The number of hydrogen-bond acceptors (Lipinski definition) is 2. The fraction of sp³-hybridized carbons (Fsp3) is 0.611. The number of carbonyl (C=O) groups excluding carboxylic acids is 1. The van der Waals surface area contributed by atoms with Crippen LogP contribution in [0.2, 0.25) is 5.02 Å². The van der Waals surface area contributed by atoms with E-state index in [1.54, 1.807) is 0 Å². The Morgan fingerprint density at radius 1 is 1.09 bits per heavy atom. The van der Waals surface area contributed by atoms with Crippen molar-refractivity contribution >= 4 is 34.8 Å². The molecule has 0 heterocycles. The number of carbonyl (C=O) groups is 1. The summed E-state index contributed by atoms with van der Waals surface area (Å²) >= 11 is 11.9. The van der Waals surface area contributed by atoms with E-state index in [0.29, 0.717) is 23.4 Å². The van der Waals surface area contributed by atoms with Gasteiger partial charge in [-0.15, -0.1) is 11.6 Å². The molecule has 23 heavy (non-hydrogen) atoms. The van der Waals surface area contributed by atoms with Gasteiger partial charge in [-0.05, 0) is 51.2 Å². The van der Waals surface area contributed by atoms with Crippen molar-refractivity contribution in [3.05, 3.63) is 29.3 Å². The molecule has 1 aliphatic carbocycles. The molecule has 1 saturated carbocycles. The number of alkyl halides is 1. The molecule has 0 aliphatic heterocycles. The maximum atomic E-state index is 12.8. The molecule has 0 N–H and O–H groups in total. The molecule has 2 atom stereocenters. The van der Waals surface area contributed by atoms with Crippen molar-refractivity contribution in [1.82, 2.24) is 4.90 Å². The van der Waals surface area contributed by atoms with Gasteiger partial charge in [-0.25, -0.2) is 0 Å². The van der Waals surface area contributed by atoms with E-state index in [9.17, 15) is 4.79 Å². The van der Waals surface area contributed by atoms with Crippen molar-refractivity contribution in [2.75, 3.05) is 24.9 Å². The summed E-state index contributed by atoms with van der Waals surface area (Å²) in [4.78, 5) is 17.0. The van der Waals surface area contributed by atoms with Crippen molar-refractivity contribution < 1.29 is 4.79 Å². The van der Waals surface area contributed by atoms with Gasteiger partial charge < -0.3 is 9.80 Å². The molecule has 1 fully saturated rings. The molecule has 2 unspecified atom stereocenters. The Bertz CT molecular complexity index is 504. The fourth-order valence-corrected chi connectivity index (χ4v) is 3.78. The maximum Gasteiger partial charge on any atom is 0.228 e. The molecule has 3 nitrogen and oxygen atoms in total. The van der Waals surface area contributed by atoms with Gasteiger partial charge in [0, 0.05) is 29.1 Å². The number of hydrogen-bond donors (Lipinski definition) is 0. The van der Waals surface area contributed by atoms with E-state index in [4.69, 9.17) is 23.2 Å². The predicted octanol–water partition coefficient (Wildman–Crippen LogP) is 4.56. The number of halogens is 2. The summed E-state index contributed by atoms with van der Waals surface area (Å²) in [6, 6.07) is 8.12. The number of benzene rings is 1. The molecule has 0 saturated heterocycles. The van der Waals surface area contributed by atoms with Gasteiger partial charge >= 0.3 is 0 Å². The normalized spacial score (nSPS) is 22.0. The van der Waals surface area contributed by atoms with Crippen molar-refractivity contribution in [2.24, 2.45) is 0 Å². The average molecular weight is 357 g/mol. The highest BCUT2D eigenvalue weighted by atomic mass is 35.5. The maximum absolute atomic E-state index is 12.8. The summed E-state index contributed by atoms with van der Waals surface area (Å²) in [7, 11) is 4.21. The first-order valence-corrected chi connectivity index (χ1v) is 9.26. The Labute approximate surface area is 149 Å². The average Bonchev–Trinajstić information content (AvgIpc) is 2.76. The Morgan fingerprint density at radius 3 is 2.26 bits per heavy atom. The summed E-state index contributed by atoms with van der Waals surface area (Å²) in [6.07, 6.45) is 6.12. The second-order valence-electron chi connectivity index (χ2n) is 6.42. The largest absolute Gasteiger partial charge is 0.308 e. The van der Waals surface area contributed by atoms with E-state index in [0.717, 1.165) is 24.9 Å². The van der Waals surface area contributed by atoms with Gasteiger partial charge in [-0.2, -0.15) is 0 Å². The van der Waals surface area contributed by atoms with Crippen molar-refractivity contribution in [3.63, 3.8) is 0 Å². The minimum absolute atomic E-state index is 0.0982. The quantitative estimate of drug-likeness (QED) is 0.570. The topological polar surface area (TPSA) is 23.6 Å². The molecule has 1 aromatic rings. The van der Waals surface area contributed by atoms with Crippen molar-refractivity contribution in [1.29, 1.82) is 0 Å². The molecule has 1 aromatic carbocycles. The third-order valence-electron chi connectivity index (χ3n) is 4.62. The lowest BCUT2D eigenvalue weighted by Gasteiger charge is -2.39. The fourth-order valence-electron chi connectivity index (χ4n) is 3.50. The molecular formula is C18H26Cl2N2O. The molecule has 2 rings (SSSR count). The first-order chi connectivity index (χ1) is 11.0. The number of rotatable bonds is 5. The van der Waals surface area contributed by atoms with Gasteiger partial charge in [0.2, 0.25) is 5.91 Å². The third kappa shape index (κ3) is 4.85. The molecule has 0 bridgehead atoms. The second-order valence-corrected chi connectivity index (χ2v) is 7.23. The zero-order valence-corrected chi connectivity index (χ0v) is 15.5. The lowest BCUT2D eigenvalue weighted by molar-refractivity contribution is -0.119. The van der Waals surface area contributed by atoms with Gasteiger partial charge in [0.05, 0.1) is 6.04 Å². The predicted molar refractivity (Wildman–Crippen MR) is 98.6 cm³/mol. The third-order valence-corrected chi connectivity index (χ3v) is 5.06. The molecule has 0 radical (unpaired) electrons. The monoisotopic (exact) mass is 356 g/mol. The SMILES string of the molecule is CN(C)C1CCCCCC1N(C(=O)CCCl)c1ccc(Cl)cc1. The summed E-state index contributed by atoms with van der Waals surface area (Å²) in [5.41, 5.74) is 0.920. The first-order valence-electron chi connectivity index (χ1n) is 8.34. The summed E-state index contributed by atoms with van der Waals surface area (Å²) in [5.74, 6) is 0.448. The summed E-state index contributed by atoms with van der Waals surface area (Å²) in [6.45, 7) is 0.